The lowest BCUT2D eigenvalue weighted by molar-refractivity contribution is -0.137. The van der Waals surface area contributed by atoms with Gasteiger partial charge in [-0.05, 0) is 6.42 Å². The molecule has 1 atom stereocenters. The highest BCUT2D eigenvalue weighted by Crippen LogP contribution is 2.36. The normalized spacial score (nSPS) is 12.3. The number of carboxylic acid groups (broad SMARTS) is 1. The highest BCUT2D eigenvalue weighted by atomic mass is 16.4. The summed E-state index contributed by atoms with van der Waals surface area (Å²) < 4.78 is 0. The topological polar surface area (TPSA) is 124 Å². The lowest BCUT2D eigenvalue weighted by Crippen LogP contribution is -2.12. The molecule has 0 heterocycles. The van der Waals surface area contributed by atoms with Gasteiger partial charge in [0.05, 0.1) is 5.56 Å². The van der Waals surface area contributed by atoms with Crippen LogP contribution in [0.1, 0.15) is 24.4 Å². The van der Waals surface area contributed by atoms with Crippen molar-refractivity contribution in [2.75, 3.05) is 0 Å². The van der Waals surface area contributed by atoms with Gasteiger partial charge in [-0.1, -0.05) is 0 Å². The number of aliphatic carboxylic acids is 1. The molecule has 1 aromatic carbocycles. The number of phenols is 3. The number of carbonyl (C=O) groups is 1. The van der Waals surface area contributed by atoms with Gasteiger partial charge >= 0.3 is 5.97 Å². The van der Waals surface area contributed by atoms with Gasteiger partial charge < -0.3 is 26.2 Å². The molecule has 0 saturated heterocycles. The Morgan fingerprint density at radius 1 is 1.25 bits per heavy atom. The van der Waals surface area contributed by atoms with Crippen molar-refractivity contribution in [2.45, 2.75) is 18.9 Å². The molecule has 0 fully saturated rings. The SMILES string of the molecule is NC(CCC(=O)O)c1c(O)cc(O)cc1O. The van der Waals surface area contributed by atoms with Crippen LogP contribution in [0, 0.1) is 0 Å². The van der Waals surface area contributed by atoms with Crippen LogP contribution < -0.4 is 5.73 Å². The fraction of sp³-hybridized carbons (Fsp3) is 0.300. The Morgan fingerprint density at radius 2 is 1.75 bits per heavy atom. The van der Waals surface area contributed by atoms with E-state index in [4.69, 9.17) is 15.9 Å². The molecule has 0 amide bonds. The highest BCUT2D eigenvalue weighted by Gasteiger charge is 2.17. The average molecular weight is 227 g/mol. The Kier molecular flexibility index (Phi) is 3.57. The van der Waals surface area contributed by atoms with Crippen molar-refractivity contribution < 1.29 is 25.2 Å². The van der Waals surface area contributed by atoms with Crippen molar-refractivity contribution >= 4 is 5.97 Å². The largest absolute Gasteiger partial charge is 0.508 e. The summed E-state index contributed by atoms with van der Waals surface area (Å²) in [6.45, 7) is 0. The van der Waals surface area contributed by atoms with Crippen molar-refractivity contribution in [1.82, 2.24) is 0 Å². The van der Waals surface area contributed by atoms with E-state index in [-0.39, 0.29) is 35.7 Å². The molecule has 1 unspecified atom stereocenters. The third-order valence-electron chi connectivity index (χ3n) is 2.16. The van der Waals surface area contributed by atoms with Crippen molar-refractivity contribution in [2.24, 2.45) is 5.73 Å². The van der Waals surface area contributed by atoms with Gasteiger partial charge in [0, 0.05) is 24.6 Å². The maximum Gasteiger partial charge on any atom is 0.303 e. The first-order valence-corrected chi connectivity index (χ1v) is 4.64. The highest BCUT2D eigenvalue weighted by molar-refractivity contribution is 5.66. The summed E-state index contributed by atoms with van der Waals surface area (Å²) in [6, 6.07) is 1.28. The van der Waals surface area contributed by atoms with Crippen LogP contribution in [0.15, 0.2) is 12.1 Å². The van der Waals surface area contributed by atoms with E-state index in [0.717, 1.165) is 12.1 Å². The second-order valence-electron chi connectivity index (χ2n) is 3.44. The summed E-state index contributed by atoms with van der Waals surface area (Å²) in [5.41, 5.74) is 5.67. The molecule has 6 N–H and O–H groups in total. The Morgan fingerprint density at radius 3 is 2.19 bits per heavy atom. The number of rotatable bonds is 4. The molecule has 0 saturated carbocycles. The van der Waals surface area contributed by atoms with Crippen LogP contribution in [0.25, 0.3) is 0 Å². The molecule has 0 radical (unpaired) electrons. The predicted molar refractivity (Wildman–Crippen MR) is 55.2 cm³/mol. The number of hydrogen-bond donors (Lipinski definition) is 5. The van der Waals surface area contributed by atoms with E-state index in [1.54, 1.807) is 0 Å². The van der Waals surface area contributed by atoms with E-state index in [1.165, 1.54) is 0 Å². The first kappa shape index (κ1) is 12.1. The summed E-state index contributed by atoms with van der Waals surface area (Å²) in [6.07, 6.45) is -0.0812. The Balaban J connectivity index is 2.90. The quantitative estimate of drug-likeness (QED) is 0.515. The summed E-state index contributed by atoms with van der Waals surface area (Å²) in [5, 5.41) is 36.5. The van der Waals surface area contributed by atoms with Gasteiger partial charge in [0.25, 0.3) is 0 Å². The minimum Gasteiger partial charge on any atom is -0.508 e. The van der Waals surface area contributed by atoms with Crippen LogP contribution in [0.3, 0.4) is 0 Å². The molecule has 1 rings (SSSR count). The van der Waals surface area contributed by atoms with Crippen LogP contribution in [-0.4, -0.2) is 26.4 Å². The lowest BCUT2D eigenvalue weighted by Gasteiger charge is -2.14. The van der Waals surface area contributed by atoms with Gasteiger partial charge in [0.15, 0.2) is 0 Å². The molecular formula is C10H13NO5. The van der Waals surface area contributed by atoms with Crippen molar-refractivity contribution in [3.05, 3.63) is 17.7 Å². The van der Waals surface area contributed by atoms with Gasteiger partial charge in [-0.3, -0.25) is 4.79 Å². The average Bonchev–Trinajstić information content (AvgIpc) is 2.12. The fourth-order valence-electron chi connectivity index (χ4n) is 1.41. The van der Waals surface area contributed by atoms with Crippen LogP contribution in [-0.2, 0) is 4.79 Å². The first-order chi connectivity index (χ1) is 7.41. The molecule has 16 heavy (non-hydrogen) atoms. The minimum absolute atomic E-state index is 0.0408. The zero-order valence-electron chi connectivity index (χ0n) is 8.42. The Hall–Kier alpha value is -1.95. The first-order valence-electron chi connectivity index (χ1n) is 4.64. The second-order valence-corrected chi connectivity index (χ2v) is 3.44. The Bertz CT molecular complexity index is 381. The summed E-state index contributed by atoms with van der Waals surface area (Å²) >= 11 is 0. The third-order valence-corrected chi connectivity index (χ3v) is 2.16. The summed E-state index contributed by atoms with van der Waals surface area (Å²) in [5.74, 6) is -2.00. The van der Waals surface area contributed by atoms with Gasteiger partial charge in [-0.15, -0.1) is 0 Å². The standard InChI is InChI=1S/C10H13NO5/c11-6(1-2-9(15)16)10-7(13)3-5(12)4-8(10)14/h3-4,6,12-14H,1-2,11H2,(H,15,16). The number of benzene rings is 1. The number of nitrogens with two attached hydrogens (primary N) is 1. The van der Waals surface area contributed by atoms with Gasteiger partial charge in [0.1, 0.15) is 17.2 Å². The maximum absolute atomic E-state index is 10.3. The number of carboxylic acids is 1. The van der Waals surface area contributed by atoms with Crippen LogP contribution in [0.5, 0.6) is 17.2 Å². The molecular weight excluding hydrogens is 214 g/mol. The van der Waals surface area contributed by atoms with E-state index < -0.39 is 12.0 Å². The second kappa shape index (κ2) is 4.71. The van der Waals surface area contributed by atoms with Crippen LogP contribution in [0.2, 0.25) is 0 Å². The number of aromatic hydroxyl groups is 3. The lowest BCUT2D eigenvalue weighted by atomic mass is 10.0. The van der Waals surface area contributed by atoms with E-state index >= 15 is 0 Å². The van der Waals surface area contributed by atoms with Gasteiger partial charge in [-0.2, -0.15) is 0 Å². The summed E-state index contributed by atoms with van der Waals surface area (Å²) in [7, 11) is 0. The molecule has 88 valence electrons. The fourth-order valence-corrected chi connectivity index (χ4v) is 1.41. The molecule has 6 heteroatoms. The van der Waals surface area contributed by atoms with Crippen LogP contribution in [0.4, 0.5) is 0 Å². The molecule has 0 aliphatic carbocycles. The molecule has 1 aromatic rings. The minimum atomic E-state index is -1.01. The van der Waals surface area contributed by atoms with E-state index in [9.17, 15) is 15.0 Å². The number of phenolic OH excluding ortho intramolecular Hbond substituents is 3. The van der Waals surface area contributed by atoms with E-state index in [2.05, 4.69) is 0 Å². The molecule has 0 spiro atoms. The molecule has 0 aliphatic heterocycles. The zero-order valence-corrected chi connectivity index (χ0v) is 8.42. The smallest absolute Gasteiger partial charge is 0.303 e. The molecule has 6 nitrogen and oxygen atoms in total. The zero-order chi connectivity index (χ0) is 12.3. The third kappa shape index (κ3) is 2.77. The molecule has 0 bridgehead atoms. The van der Waals surface area contributed by atoms with Crippen molar-refractivity contribution in [3.8, 4) is 17.2 Å². The predicted octanol–water partition coefficient (Wildman–Crippen LogP) is 0.668. The van der Waals surface area contributed by atoms with Gasteiger partial charge in [0.2, 0.25) is 0 Å². The van der Waals surface area contributed by atoms with E-state index in [0.29, 0.717) is 0 Å². The van der Waals surface area contributed by atoms with Crippen molar-refractivity contribution in [1.29, 1.82) is 0 Å². The Labute approximate surface area is 91.6 Å². The van der Waals surface area contributed by atoms with E-state index in [1.807, 2.05) is 0 Å². The number of hydrogen-bond acceptors (Lipinski definition) is 5. The maximum atomic E-state index is 10.3. The molecule has 0 aliphatic rings. The summed E-state index contributed by atoms with van der Waals surface area (Å²) in [4.78, 5) is 10.3. The van der Waals surface area contributed by atoms with Gasteiger partial charge in [-0.25, -0.2) is 0 Å². The van der Waals surface area contributed by atoms with Crippen LogP contribution >= 0.6 is 0 Å². The monoisotopic (exact) mass is 227 g/mol. The van der Waals surface area contributed by atoms with Crippen molar-refractivity contribution in [3.63, 3.8) is 0 Å². The molecule has 0 aromatic heterocycles.